The van der Waals surface area contributed by atoms with E-state index in [2.05, 4.69) is 29.4 Å². The second kappa shape index (κ2) is 13.9. The Kier molecular flexibility index (Phi) is 12.3. The molecule has 0 atom stereocenters. The average Bonchev–Trinajstić information content (AvgIpc) is 2.71. The van der Waals surface area contributed by atoms with Crippen molar-refractivity contribution in [1.29, 1.82) is 0 Å². The maximum absolute atomic E-state index is 5.47. The number of benzene rings is 1. The Hall–Kier alpha value is -1.22. The van der Waals surface area contributed by atoms with Crippen LogP contribution in [0.15, 0.2) is 23.2 Å². The molecular weight excluding hydrogens is 467 g/mol. The molecule has 7 heteroatoms. The molecule has 0 radical (unpaired) electrons. The third kappa shape index (κ3) is 8.03. The van der Waals surface area contributed by atoms with Crippen LogP contribution in [0.5, 0.6) is 11.5 Å². The summed E-state index contributed by atoms with van der Waals surface area (Å²) in [6.45, 7) is 10.4. The van der Waals surface area contributed by atoms with Crippen LogP contribution in [0.1, 0.15) is 38.7 Å². The van der Waals surface area contributed by atoms with Gasteiger partial charge < -0.3 is 25.0 Å². The zero-order chi connectivity index (χ0) is 19.5. The Morgan fingerprint density at radius 1 is 1.14 bits per heavy atom. The summed E-state index contributed by atoms with van der Waals surface area (Å²) >= 11 is 0. The number of likely N-dealkylation sites (tertiary alicyclic amines) is 1. The van der Waals surface area contributed by atoms with Crippen LogP contribution >= 0.6 is 24.0 Å². The number of hydrogen-bond donors (Lipinski definition) is 2. The van der Waals surface area contributed by atoms with Crippen molar-refractivity contribution in [2.45, 2.75) is 39.7 Å². The number of guanidine groups is 1. The van der Waals surface area contributed by atoms with Crippen LogP contribution in [0.25, 0.3) is 0 Å². The number of hydrogen-bond acceptors (Lipinski definition) is 4. The van der Waals surface area contributed by atoms with Crippen molar-refractivity contribution in [3.63, 3.8) is 0 Å². The van der Waals surface area contributed by atoms with Crippen molar-refractivity contribution in [3.05, 3.63) is 23.8 Å². The maximum Gasteiger partial charge on any atom is 0.191 e. The molecular formula is C21H37IN4O2. The van der Waals surface area contributed by atoms with Crippen LogP contribution in [0.4, 0.5) is 0 Å². The van der Waals surface area contributed by atoms with Crippen LogP contribution in [0.2, 0.25) is 0 Å². The Bertz CT molecular complexity index is 590. The molecule has 1 saturated heterocycles. The van der Waals surface area contributed by atoms with Gasteiger partial charge in [0.2, 0.25) is 0 Å². The number of halogens is 1. The Morgan fingerprint density at radius 2 is 1.89 bits per heavy atom. The lowest BCUT2D eigenvalue weighted by Gasteiger charge is -2.32. The average molecular weight is 504 g/mol. The van der Waals surface area contributed by atoms with Gasteiger partial charge in [-0.05, 0) is 63.9 Å². The van der Waals surface area contributed by atoms with E-state index in [0.29, 0.717) is 6.54 Å². The molecule has 28 heavy (non-hydrogen) atoms. The summed E-state index contributed by atoms with van der Waals surface area (Å²) in [5.41, 5.74) is 1.04. The van der Waals surface area contributed by atoms with Crippen molar-refractivity contribution in [2.75, 3.05) is 46.9 Å². The first-order chi connectivity index (χ1) is 13.2. The van der Waals surface area contributed by atoms with Crippen LogP contribution in [0.3, 0.4) is 0 Å². The number of nitrogens with zero attached hydrogens (tertiary/aromatic N) is 2. The van der Waals surface area contributed by atoms with Gasteiger partial charge in [-0.3, -0.25) is 0 Å². The largest absolute Gasteiger partial charge is 0.497 e. The van der Waals surface area contributed by atoms with Crippen molar-refractivity contribution in [2.24, 2.45) is 10.9 Å². The summed E-state index contributed by atoms with van der Waals surface area (Å²) in [4.78, 5) is 7.31. The van der Waals surface area contributed by atoms with Gasteiger partial charge in [0.25, 0.3) is 0 Å². The van der Waals surface area contributed by atoms with Crippen molar-refractivity contribution in [3.8, 4) is 11.5 Å². The molecule has 0 aromatic heterocycles. The molecule has 2 rings (SSSR count). The highest BCUT2D eigenvalue weighted by molar-refractivity contribution is 14.0. The first-order valence-electron chi connectivity index (χ1n) is 10.2. The molecule has 1 aliphatic heterocycles. The molecule has 1 heterocycles. The molecule has 0 unspecified atom stereocenters. The zero-order valence-corrected chi connectivity index (χ0v) is 20.1. The fraction of sp³-hybridized carbons (Fsp3) is 0.667. The molecule has 0 aliphatic carbocycles. The topological polar surface area (TPSA) is 58.1 Å². The SMILES string of the molecule is CCCN1CCC(CNC(=NCc2ccc(OC)cc2OC)NCC)CC1.I. The summed E-state index contributed by atoms with van der Waals surface area (Å²) in [6.07, 6.45) is 3.77. The van der Waals surface area contributed by atoms with Crippen molar-refractivity contribution >= 4 is 29.9 Å². The highest BCUT2D eigenvalue weighted by Crippen LogP contribution is 2.25. The summed E-state index contributed by atoms with van der Waals surface area (Å²) in [5, 5.41) is 6.87. The Labute approximate surface area is 187 Å². The third-order valence-electron chi connectivity index (χ3n) is 5.05. The first-order valence-corrected chi connectivity index (χ1v) is 10.2. The predicted molar refractivity (Wildman–Crippen MR) is 127 cm³/mol. The van der Waals surface area contributed by atoms with Crippen LogP contribution < -0.4 is 20.1 Å². The minimum absolute atomic E-state index is 0. The second-order valence-corrected chi connectivity index (χ2v) is 7.04. The molecule has 160 valence electrons. The molecule has 1 aromatic carbocycles. The predicted octanol–water partition coefficient (Wildman–Crippen LogP) is 3.50. The molecule has 2 N–H and O–H groups in total. The van der Waals surface area contributed by atoms with E-state index < -0.39 is 0 Å². The standard InChI is InChI=1S/C21H36N4O2.HI/c1-5-11-25-12-9-17(10-13-25)15-23-21(22-6-2)24-16-18-7-8-19(26-3)14-20(18)27-4;/h7-8,14,17H,5-6,9-13,15-16H2,1-4H3,(H2,22,23,24);1H. The van der Waals surface area contributed by atoms with Crippen LogP contribution in [-0.2, 0) is 6.54 Å². The number of piperidine rings is 1. The van der Waals surface area contributed by atoms with Crippen LogP contribution in [-0.4, -0.2) is 57.8 Å². The fourth-order valence-corrected chi connectivity index (χ4v) is 3.46. The van der Waals surface area contributed by atoms with E-state index in [1.54, 1.807) is 14.2 Å². The van der Waals surface area contributed by atoms with E-state index in [9.17, 15) is 0 Å². The molecule has 1 fully saturated rings. The first kappa shape index (κ1) is 24.8. The number of aliphatic imine (C=N–C) groups is 1. The molecule has 0 bridgehead atoms. The number of rotatable bonds is 9. The summed E-state index contributed by atoms with van der Waals surface area (Å²) in [7, 11) is 3.34. The molecule has 6 nitrogen and oxygen atoms in total. The highest BCUT2D eigenvalue weighted by Gasteiger charge is 2.18. The van der Waals surface area contributed by atoms with E-state index in [1.165, 1.54) is 38.9 Å². The van der Waals surface area contributed by atoms with E-state index in [0.717, 1.165) is 42.0 Å². The van der Waals surface area contributed by atoms with E-state index in [4.69, 9.17) is 14.5 Å². The molecule has 0 spiro atoms. The van der Waals surface area contributed by atoms with Gasteiger partial charge in [-0.15, -0.1) is 24.0 Å². The van der Waals surface area contributed by atoms with Gasteiger partial charge >= 0.3 is 0 Å². The smallest absolute Gasteiger partial charge is 0.191 e. The summed E-state index contributed by atoms with van der Waals surface area (Å²) in [5.74, 6) is 3.18. The lowest BCUT2D eigenvalue weighted by Crippen LogP contribution is -2.43. The zero-order valence-electron chi connectivity index (χ0n) is 17.8. The normalized spacial score (nSPS) is 15.6. The number of ether oxygens (including phenoxy) is 2. The van der Waals surface area contributed by atoms with Crippen LogP contribution in [0, 0.1) is 5.92 Å². The summed E-state index contributed by atoms with van der Waals surface area (Å²) in [6, 6.07) is 5.85. The highest BCUT2D eigenvalue weighted by atomic mass is 127. The maximum atomic E-state index is 5.47. The number of methoxy groups -OCH3 is 2. The van der Waals surface area contributed by atoms with E-state index >= 15 is 0 Å². The summed E-state index contributed by atoms with van der Waals surface area (Å²) < 4.78 is 10.7. The molecule has 1 aliphatic rings. The van der Waals surface area contributed by atoms with Gasteiger partial charge in [-0.1, -0.05) is 6.92 Å². The lowest BCUT2D eigenvalue weighted by molar-refractivity contribution is 0.185. The van der Waals surface area contributed by atoms with E-state index in [1.807, 2.05) is 18.2 Å². The van der Waals surface area contributed by atoms with Gasteiger partial charge in [-0.2, -0.15) is 0 Å². The van der Waals surface area contributed by atoms with Gasteiger partial charge in [-0.25, -0.2) is 4.99 Å². The number of nitrogens with one attached hydrogen (secondary N) is 2. The van der Waals surface area contributed by atoms with E-state index in [-0.39, 0.29) is 24.0 Å². The fourth-order valence-electron chi connectivity index (χ4n) is 3.46. The third-order valence-corrected chi connectivity index (χ3v) is 5.05. The Morgan fingerprint density at radius 3 is 2.50 bits per heavy atom. The molecule has 0 amide bonds. The second-order valence-electron chi connectivity index (χ2n) is 7.04. The minimum Gasteiger partial charge on any atom is -0.497 e. The van der Waals surface area contributed by atoms with Gasteiger partial charge in [0, 0.05) is 24.7 Å². The van der Waals surface area contributed by atoms with Gasteiger partial charge in [0.1, 0.15) is 11.5 Å². The minimum atomic E-state index is 0. The lowest BCUT2D eigenvalue weighted by atomic mass is 9.97. The van der Waals surface area contributed by atoms with Gasteiger partial charge in [0.05, 0.1) is 20.8 Å². The van der Waals surface area contributed by atoms with Crippen molar-refractivity contribution in [1.82, 2.24) is 15.5 Å². The molecule has 0 saturated carbocycles. The van der Waals surface area contributed by atoms with Gasteiger partial charge in [0.15, 0.2) is 5.96 Å². The quantitative estimate of drug-likeness (QED) is 0.306. The Balaban J connectivity index is 0.00000392. The van der Waals surface area contributed by atoms with Crippen molar-refractivity contribution < 1.29 is 9.47 Å². The molecule has 1 aromatic rings. The monoisotopic (exact) mass is 504 g/mol.